The highest BCUT2D eigenvalue weighted by atomic mass is 32.2. The van der Waals surface area contributed by atoms with Crippen LogP contribution in [0.15, 0.2) is 0 Å². The number of rotatable bonds is 1. The average molecular weight is 225 g/mol. The standard InChI is InChI=1S/C14H25S/c1-2-4-6-10-13(9-5-3-1)14-11-7-8-12-15-14/h14H,1-12H2. The largest absolute Gasteiger partial charge is 0.158 e. The third kappa shape index (κ3) is 4.01. The topological polar surface area (TPSA) is 0 Å². The molecule has 1 heterocycles. The molecule has 0 spiro atoms. The van der Waals surface area contributed by atoms with E-state index in [4.69, 9.17) is 0 Å². The molecule has 15 heavy (non-hydrogen) atoms. The minimum absolute atomic E-state index is 0.955. The Labute approximate surface area is 99.6 Å². The second kappa shape index (κ2) is 6.83. The molecule has 1 aliphatic heterocycles. The van der Waals surface area contributed by atoms with Crippen molar-refractivity contribution in [2.24, 2.45) is 0 Å². The van der Waals surface area contributed by atoms with Crippen molar-refractivity contribution in [3.63, 3.8) is 0 Å². The Hall–Kier alpha value is 0.350. The predicted octanol–water partition coefficient (Wildman–Crippen LogP) is 4.98. The highest BCUT2D eigenvalue weighted by Gasteiger charge is 2.24. The van der Waals surface area contributed by atoms with E-state index < -0.39 is 0 Å². The van der Waals surface area contributed by atoms with Crippen LogP contribution in [-0.2, 0) is 0 Å². The highest BCUT2D eigenvalue weighted by Crippen LogP contribution is 2.38. The van der Waals surface area contributed by atoms with Gasteiger partial charge in [0.1, 0.15) is 0 Å². The van der Waals surface area contributed by atoms with E-state index in [1.165, 1.54) is 76.4 Å². The molecule has 0 aromatic rings. The van der Waals surface area contributed by atoms with Gasteiger partial charge in [-0.25, -0.2) is 0 Å². The van der Waals surface area contributed by atoms with Gasteiger partial charge >= 0.3 is 0 Å². The Bertz CT molecular complexity index is 151. The van der Waals surface area contributed by atoms with Crippen LogP contribution >= 0.6 is 11.8 Å². The molecule has 0 nitrogen and oxygen atoms in total. The minimum Gasteiger partial charge on any atom is -0.158 e. The van der Waals surface area contributed by atoms with Crippen LogP contribution in [0.2, 0.25) is 0 Å². The van der Waals surface area contributed by atoms with Crippen molar-refractivity contribution in [1.82, 2.24) is 0 Å². The molecule has 2 rings (SSSR count). The molecule has 0 aromatic carbocycles. The minimum atomic E-state index is 0.955. The SMILES string of the molecule is C1CCCC[C](C2CCCCS2)CCC1. The molecule has 0 amide bonds. The summed E-state index contributed by atoms with van der Waals surface area (Å²) in [7, 11) is 0. The van der Waals surface area contributed by atoms with Crippen molar-refractivity contribution < 1.29 is 0 Å². The first kappa shape index (κ1) is 11.8. The Morgan fingerprint density at radius 2 is 1.40 bits per heavy atom. The van der Waals surface area contributed by atoms with E-state index in [0.29, 0.717) is 0 Å². The van der Waals surface area contributed by atoms with Gasteiger partial charge in [0.2, 0.25) is 0 Å². The lowest BCUT2D eigenvalue weighted by atomic mass is 9.90. The summed E-state index contributed by atoms with van der Waals surface area (Å²) >= 11 is 2.26. The van der Waals surface area contributed by atoms with Gasteiger partial charge in [0.15, 0.2) is 0 Å². The lowest BCUT2D eigenvalue weighted by Crippen LogP contribution is -2.19. The number of thioether (sulfide) groups is 1. The normalized spacial score (nSPS) is 31.6. The third-order valence-electron chi connectivity index (χ3n) is 3.88. The zero-order chi connectivity index (χ0) is 10.3. The van der Waals surface area contributed by atoms with Crippen LogP contribution < -0.4 is 0 Å². The summed E-state index contributed by atoms with van der Waals surface area (Å²) in [5, 5.41) is 0.955. The first-order chi connectivity index (χ1) is 7.47. The van der Waals surface area contributed by atoms with E-state index >= 15 is 0 Å². The maximum atomic E-state index is 2.26. The lowest BCUT2D eigenvalue weighted by molar-refractivity contribution is 0.571. The van der Waals surface area contributed by atoms with E-state index in [0.717, 1.165) is 5.25 Å². The summed E-state index contributed by atoms with van der Waals surface area (Å²) in [4.78, 5) is 0. The zero-order valence-electron chi connectivity index (χ0n) is 9.97. The summed E-state index contributed by atoms with van der Waals surface area (Å²) in [5.41, 5.74) is 0. The molecule has 1 atom stereocenters. The quantitative estimate of drug-likeness (QED) is 0.606. The van der Waals surface area contributed by atoms with E-state index in [1.807, 2.05) is 5.92 Å². The zero-order valence-corrected chi connectivity index (χ0v) is 10.8. The molecule has 1 saturated carbocycles. The van der Waals surface area contributed by atoms with Gasteiger partial charge in [-0.05, 0) is 37.4 Å². The van der Waals surface area contributed by atoms with Crippen molar-refractivity contribution >= 4 is 11.8 Å². The predicted molar refractivity (Wildman–Crippen MR) is 70.3 cm³/mol. The maximum Gasteiger partial charge on any atom is 0.0109 e. The molecule has 87 valence electrons. The van der Waals surface area contributed by atoms with Gasteiger partial charge in [-0.1, -0.05) is 44.9 Å². The van der Waals surface area contributed by atoms with E-state index in [1.54, 1.807) is 0 Å². The van der Waals surface area contributed by atoms with Crippen LogP contribution in [-0.4, -0.2) is 11.0 Å². The third-order valence-corrected chi connectivity index (χ3v) is 5.38. The molecule has 2 fully saturated rings. The Kier molecular flexibility index (Phi) is 5.38. The van der Waals surface area contributed by atoms with Crippen LogP contribution in [0.25, 0.3) is 0 Å². The highest BCUT2D eigenvalue weighted by molar-refractivity contribution is 8.00. The number of hydrogen-bond donors (Lipinski definition) is 0. The fourth-order valence-electron chi connectivity index (χ4n) is 2.92. The molecule has 1 aliphatic carbocycles. The van der Waals surface area contributed by atoms with Crippen molar-refractivity contribution in [2.75, 3.05) is 5.75 Å². The Morgan fingerprint density at radius 3 is 2.00 bits per heavy atom. The summed E-state index contributed by atoms with van der Waals surface area (Å²) in [6.07, 6.45) is 16.3. The van der Waals surface area contributed by atoms with Gasteiger partial charge in [0.25, 0.3) is 0 Å². The van der Waals surface area contributed by atoms with E-state index in [9.17, 15) is 0 Å². The second-order valence-electron chi connectivity index (χ2n) is 5.13. The maximum absolute atomic E-state index is 2.26. The van der Waals surface area contributed by atoms with Gasteiger partial charge in [0.05, 0.1) is 0 Å². The molecule has 0 N–H and O–H groups in total. The Morgan fingerprint density at radius 1 is 0.733 bits per heavy atom. The van der Waals surface area contributed by atoms with Crippen LogP contribution in [0.5, 0.6) is 0 Å². The fourth-order valence-corrected chi connectivity index (χ4v) is 4.38. The van der Waals surface area contributed by atoms with Gasteiger partial charge in [-0.2, -0.15) is 11.8 Å². The molecule has 0 aromatic heterocycles. The average Bonchev–Trinajstić information content (AvgIpc) is 2.43. The molecule has 0 bridgehead atoms. The first-order valence-electron chi connectivity index (χ1n) is 6.93. The molecule has 1 unspecified atom stereocenters. The summed E-state index contributed by atoms with van der Waals surface area (Å²) in [5.74, 6) is 3.36. The van der Waals surface area contributed by atoms with E-state index in [-0.39, 0.29) is 0 Å². The number of hydrogen-bond acceptors (Lipinski definition) is 1. The van der Waals surface area contributed by atoms with Crippen molar-refractivity contribution in [3.05, 3.63) is 5.92 Å². The van der Waals surface area contributed by atoms with Crippen LogP contribution in [0, 0.1) is 5.92 Å². The molecular formula is C14H25S. The van der Waals surface area contributed by atoms with Crippen molar-refractivity contribution in [3.8, 4) is 0 Å². The molecule has 1 heteroatoms. The van der Waals surface area contributed by atoms with E-state index in [2.05, 4.69) is 11.8 Å². The molecule has 1 saturated heterocycles. The van der Waals surface area contributed by atoms with Crippen LogP contribution in [0.3, 0.4) is 0 Å². The van der Waals surface area contributed by atoms with Crippen LogP contribution in [0.1, 0.15) is 70.6 Å². The smallest absolute Gasteiger partial charge is 0.0109 e. The summed E-state index contributed by atoms with van der Waals surface area (Å²) < 4.78 is 0. The van der Waals surface area contributed by atoms with Crippen molar-refractivity contribution in [2.45, 2.75) is 75.9 Å². The van der Waals surface area contributed by atoms with Crippen LogP contribution in [0.4, 0.5) is 0 Å². The Balaban J connectivity index is 1.80. The van der Waals surface area contributed by atoms with Crippen molar-refractivity contribution in [1.29, 1.82) is 0 Å². The summed E-state index contributed by atoms with van der Waals surface area (Å²) in [6.45, 7) is 0. The molecule has 1 radical (unpaired) electrons. The fraction of sp³-hybridized carbons (Fsp3) is 0.929. The van der Waals surface area contributed by atoms with Gasteiger partial charge in [-0.15, -0.1) is 0 Å². The monoisotopic (exact) mass is 225 g/mol. The van der Waals surface area contributed by atoms with Gasteiger partial charge < -0.3 is 0 Å². The summed E-state index contributed by atoms with van der Waals surface area (Å²) in [6, 6.07) is 0. The molecular weight excluding hydrogens is 200 g/mol. The second-order valence-corrected chi connectivity index (χ2v) is 6.45. The van der Waals surface area contributed by atoms with Gasteiger partial charge in [-0.3, -0.25) is 0 Å². The van der Waals surface area contributed by atoms with Gasteiger partial charge in [0, 0.05) is 5.25 Å². The first-order valence-corrected chi connectivity index (χ1v) is 7.98. The molecule has 2 aliphatic rings. The lowest BCUT2D eigenvalue weighted by Gasteiger charge is -2.29.